The second-order valence-corrected chi connectivity index (χ2v) is 13.7. The Kier molecular flexibility index (Phi) is 6.39. The van der Waals surface area contributed by atoms with E-state index < -0.39 is 28.8 Å². The zero-order valence-electron chi connectivity index (χ0n) is 26.9. The lowest BCUT2D eigenvalue weighted by molar-refractivity contribution is -0.145. The van der Waals surface area contributed by atoms with Crippen LogP contribution in [-0.4, -0.2) is 47.6 Å². The number of fused-ring (bicyclic) bond motifs is 6. The minimum atomic E-state index is -1.72. The largest absolute Gasteiger partial charge is 0.508 e. The quantitative estimate of drug-likeness (QED) is 0.0777. The van der Waals surface area contributed by atoms with Crippen LogP contribution in [0.15, 0.2) is 72.3 Å². The minimum Gasteiger partial charge on any atom is -0.508 e. The Morgan fingerprint density at radius 2 is 1.59 bits per heavy atom. The molecule has 1 saturated heterocycles. The molecule has 0 amide bonds. The van der Waals surface area contributed by atoms with Crippen LogP contribution in [0.5, 0.6) is 46.0 Å². The number of hydrogen-bond acceptors (Lipinski definition) is 10. The van der Waals surface area contributed by atoms with Crippen molar-refractivity contribution in [2.24, 2.45) is 0 Å². The number of benzene rings is 4. The molecule has 8 rings (SSSR count). The second kappa shape index (κ2) is 10.2. The van der Waals surface area contributed by atoms with E-state index >= 15 is 0 Å². The molecule has 5 atom stereocenters. The first kappa shape index (κ1) is 30.7. The molecule has 1 saturated carbocycles. The highest BCUT2D eigenvalue weighted by Gasteiger charge is 2.88. The van der Waals surface area contributed by atoms with Crippen molar-refractivity contribution >= 4 is 17.9 Å². The number of phenolic OH excluding ortho intramolecular Hbond substituents is 6. The van der Waals surface area contributed by atoms with Crippen molar-refractivity contribution in [1.82, 2.24) is 0 Å². The molecule has 4 aromatic rings. The number of phenols is 6. The lowest BCUT2D eigenvalue weighted by Gasteiger charge is -2.51. The van der Waals surface area contributed by atoms with Gasteiger partial charge in [-0.15, -0.1) is 0 Å². The van der Waals surface area contributed by atoms with Gasteiger partial charge in [0.2, 0.25) is 0 Å². The summed E-state index contributed by atoms with van der Waals surface area (Å²) in [4.78, 5) is 14.7. The van der Waals surface area contributed by atoms with Gasteiger partial charge in [-0.2, -0.15) is 0 Å². The maximum absolute atomic E-state index is 14.7. The van der Waals surface area contributed by atoms with E-state index in [9.17, 15) is 35.4 Å². The Hall–Kier alpha value is -5.61. The lowest BCUT2D eigenvalue weighted by Crippen LogP contribution is -2.61. The number of carbonyl (C=O) groups excluding carboxylic acids is 1. The van der Waals surface area contributed by atoms with E-state index in [-0.39, 0.29) is 75.6 Å². The van der Waals surface area contributed by atoms with Crippen LogP contribution in [0.2, 0.25) is 0 Å². The highest BCUT2D eigenvalue weighted by molar-refractivity contribution is 5.99. The first-order valence-corrected chi connectivity index (χ1v) is 16.0. The number of hydrogen-bond donors (Lipinski definition) is 6. The normalized spacial score (nSPS) is 27.2. The van der Waals surface area contributed by atoms with Gasteiger partial charge in [-0.05, 0) is 75.2 Å². The van der Waals surface area contributed by atoms with Gasteiger partial charge in [0.1, 0.15) is 46.0 Å². The first-order chi connectivity index (χ1) is 23.3. The number of ketones is 1. The van der Waals surface area contributed by atoms with Crippen molar-refractivity contribution in [3.05, 3.63) is 106 Å². The maximum atomic E-state index is 14.7. The molecular formula is C39H34O10. The van der Waals surface area contributed by atoms with Crippen LogP contribution in [0, 0.1) is 0 Å². The molecule has 6 N–H and O–H groups in total. The summed E-state index contributed by atoms with van der Waals surface area (Å²) in [6.45, 7) is 5.51. The van der Waals surface area contributed by atoms with Crippen LogP contribution < -0.4 is 9.47 Å². The summed E-state index contributed by atoms with van der Waals surface area (Å²) < 4.78 is 19.8. The first-order valence-electron chi connectivity index (χ1n) is 16.0. The fourth-order valence-corrected chi connectivity index (χ4v) is 7.96. The molecule has 10 nitrogen and oxygen atoms in total. The number of aromatic hydroxyl groups is 6. The molecule has 0 radical (unpaired) electrons. The Bertz CT molecular complexity index is 2160. The summed E-state index contributed by atoms with van der Waals surface area (Å²) in [7, 11) is 0. The average molecular weight is 663 g/mol. The molecular weight excluding hydrogens is 628 g/mol. The van der Waals surface area contributed by atoms with E-state index in [4.69, 9.17) is 14.2 Å². The second-order valence-electron chi connectivity index (χ2n) is 13.7. The van der Waals surface area contributed by atoms with Crippen LogP contribution in [-0.2, 0) is 21.7 Å². The number of epoxide rings is 1. The Labute approximate surface area is 281 Å². The van der Waals surface area contributed by atoms with Crippen LogP contribution in [0.3, 0.4) is 0 Å². The van der Waals surface area contributed by atoms with Crippen LogP contribution >= 0.6 is 0 Å². The molecule has 2 bridgehead atoms. The Morgan fingerprint density at radius 3 is 2.35 bits per heavy atom. The molecule has 4 aliphatic rings. The molecule has 4 aromatic carbocycles. The molecule has 10 heteroatoms. The van der Waals surface area contributed by atoms with E-state index in [1.807, 2.05) is 19.9 Å². The summed E-state index contributed by atoms with van der Waals surface area (Å²) in [5.41, 5.74) is 0.461. The summed E-state index contributed by atoms with van der Waals surface area (Å²) in [5, 5.41) is 64.5. The summed E-state index contributed by atoms with van der Waals surface area (Å²) in [6.07, 6.45) is 5.55. The third kappa shape index (κ3) is 4.26. The van der Waals surface area contributed by atoms with Gasteiger partial charge in [-0.25, -0.2) is 0 Å². The van der Waals surface area contributed by atoms with Crippen LogP contribution in [0.4, 0.5) is 0 Å². The van der Waals surface area contributed by atoms with Gasteiger partial charge < -0.3 is 44.8 Å². The van der Waals surface area contributed by atoms with Crippen molar-refractivity contribution in [3.63, 3.8) is 0 Å². The predicted molar refractivity (Wildman–Crippen MR) is 178 cm³/mol. The Morgan fingerprint density at radius 1 is 0.837 bits per heavy atom. The summed E-state index contributed by atoms with van der Waals surface area (Å²) in [5.74, 6) is -4.08. The molecule has 1 spiro atoms. The predicted octanol–water partition coefficient (Wildman–Crippen LogP) is 6.61. The number of Topliss-reactive ketones (excluding diaryl/α,β-unsaturated/α-hetero) is 1. The third-order valence-electron chi connectivity index (χ3n) is 10.3. The van der Waals surface area contributed by atoms with E-state index in [0.717, 1.165) is 5.57 Å². The monoisotopic (exact) mass is 662 g/mol. The summed E-state index contributed by atoms with van der Waals surface area (Å²) >= 11 is 0. The van der Waals surface area contributed by atoms with Gasteiger partial charge in [0.15, 0.2) is 17.0 Å². The maximum Gasteiger partial charge on any atom is 0.272 e. The van der Waals surface area contributed by atoms with Gasteiger partial charge in [0.05, 0.1) is 11.5 Å². The number of carbonyl (C=O) groups is 1. The molecule has 250 valence electrons. The summed E-state index contributed by atoms with van der Waals surface area (Å²) in [6, 6.07) is 15.0. The van der Waals surface area contributed by atoms with E-state index in [0.29, 0.717) is 22.4 Å². The fourth-order valence-electron chi connectivity index (χ4n) is 7.96. The van der Waals surface area contributed by atoms with Crippen molar-refractivity contribution in [2.75, 3.05) is 0 Å². The molecule has 3 heterocycles. The highest BCUT2D eigenvalue weighted by Crippen LogP contribution is 2.78. The smallest absolute Gasteiger partial charge is 0.272 e. The number of allylic oxidation sites excluding steroid dienone is 2. The molecule has 1 aliphatic carbocycles. The van der Waals surface area contributed by atoms with Crippen molar-refractivity contribution in [3.8, 4) is 46.0 Å². The van der Waals surface area contributed by atoms with Crippen LogP contribution in [0.25, 0.3) is 12.2 Å². The molecule has 3 aliphatic heterocycles. The third-order valence-corrected chi connectivity index (χ3v) is 10.3. The standard InChI is InChI=1S/C39H34O10/c1-19(2)4-10-25-28(42)13-12-26(35(25)45)39-38(49-39)27-18-37(3,47-31-17-23(41)9-11-24(27)31)36(46)34(38)33-30(44)14-20(15-32(33)48-39)5-6-21-7-8-22(40)16-29(21)43/h4-9,11-17,27,34,40-45H,10,18H2,1-3H3. The number of rotatable bonds is 5. The van der Waals surface area contributed by atoms with E-state index in [1.165, 1.54) is 48.5 Å². The van der Waals surface area contributed by atoms with Gasteiger partial charge in [-0.1, -0.05) is 29.9 Å². The van der Waals surface area contributed by atoms with Crippen molar-refractivity contribution in [1.29, 1.82) is 0 Å². The molecule has 2 fully saturated rings. The number of ether oxygens (including phenoxy) is 3. The molecule has 5 unspecified atom stereocenters. The topological polar surface area (TPSA) is 169 Å². The van der Waals surface area contributed by atoms with Crippen molar-refractivity contribution in [2.45, 2.75) is 62.4 Å². The van der Waals surface area contributed by atoms with Crippen LogP contribution in [0.1, 0.15) is 72.4 Å². The zero-order valence-corrected chi connectivity index (χ0v) is 26.9. The average Bonchev–Trinajstić information content (AvgIpc) is 3.71. The SMILES string of the molecule is CC(C)=CCc1c(O)ccc(C23Oc4cc(C=Cc5ccc(O)cc5O)cc(O)c4C4C(=O)C5(C)CC(c6ccc(O)cc6O5)C42O3)c1O. The van der Waals surface area contributed by atoms with E-state index in [1.54, 1.807) is 31.2 Å². The van der Waals surface area contributed by atoms with Gasteiger partial charge >= 0.3 is 0 Å². The zero-order chi connectivity index (χ0) is 34.6. The highest BCUT2D eigenvalue weighted by atomic mass is 16.8. The van der Waals surface area contributed by atoms with Gasteiger partial charge in [0, 0.05) is 46.7 Å². The fraction of sp³-hybridized carbons (Fsp3) is 0.256. The van der Waals surface area contributed by atoms with Crippen molar-refractivity contribution < 1.29 is 49.6 Å². The molecule has 0 aromatic heterocycles. The van der Waals surface area contributed by atoms with Gasteiger partial charge in [-0.3, -0.25) is 4.79 Å². The van der Waals surface area contributed by atoms with E-state index in [2.05, 4.69) is 0 Å². The minimum absolute atomic E-state index is 0.0315. The van der Waals surface area contributed by atoms with Gasteiger partial charge in [0.25, 0.3) is 5.79 Å². The molecule has 49 heavy (non-hydrogen) atoms. The lowest BCUT2D eigenvalue weighted by atomic mass is 9.56. The Balaban J connectivity index is 1.34.